The standard InChI is InChI=1S/C8H12O7/c9-1-2-13-6(10)3-12-4-7(11)15-8-5-14-8/h8-9H,1-5H2. The van der Waals surface area contributed by atoms with E-state index >= 15 is 0 Å². The number of esters is 2. The van der Waals surface area contributed by atoms with Crippen molar-refractivity contribution in [2.24, 2.45) is 0 Å². The highest BCUT2D eigenvalue weighted by Gasteiger charge is 2.27. The van der Waals surface area contributed by atoms with Gasteiger partial charge in [0.2, 0.25) is 6.29 Å². The van der Waals surface area contributed by atoms with Crippen LogP contribution in [0.4, 0.5) is 0 Å². The first kappa shape index (κ1) is 11.9. The van der Waals surface area contributed by atoms with Gasteiger partial charge in [-0.15, -0.1) is 0 Å². The Kier molecular flexibility index (Phi) is 5.02. The van der Waals surface area contributed by atoms with E-state index in [1.165, 1.54) is 0 Å². The molecule has 0 radical (unpaired) electrons. The molecule has 0 spiro atoms. The molecule has 0 bridgehead atoms. The number of aliphatic hydroxyl groups excluding tert-OH is 1. The summed E-state index contributed by atoms with van der Waals surface area (Å²) in [7, 11) is 0. The summed E-state index contributed by atoms with van der Waals surface area (Å²) in [5.41, 5.74) is 0. The number of hydrogen-bond donors (Lipinski definition) is 1. The average molecular weight is 220 g/mol. The second-order valence-corrected chi connectivity index (χ2v) is 2.69. The third-order valence-electron chi connectivity index (χ3n) is 1.36. The van der Waals surface area contributed by atoms with Gasteiger partial charge >= 0.3 is 11.9 Å². The van der Waals surface area contributed by atoms with Crippen molar-refractivity contribution >= 4 is 11.9 Å². The smallest absolute Gasteiger partial charge is 0.334 e. The number of rotatable bonds is 7. The van der Waals surface area contributed by atoms with Gasteiger partial charge in [0, 0.05) is 0 Å². The zero-order valence-electron chi connectivity index (χ0n) is 8.01. The number of carbonyl (C=O) groups is 2. The predicted octanol–water partition coefficient (Wildman–Crippen LogP) is -1.56. The van der Waals surface area contributed by atoms with Crippen LogP contribution in [0.15, 0.2) is 0 Å². The maximum absolute atomic E-state index is 10.9. The molecule has 1 atom stereocenters. The van der Waals surface area contributed by atoms with Crippen molar-refractivity contribution in [1.29, 1.82) is 0 Å². The van der Waals surface area contributed by atoms with Gasteiger partial charge in [-0.05, 0) is 0 Å². The minimum atomic E-state index is -0.639. The van der Waals surface area contributed by atoms with E-state index in [1.54, 1.807) is 0 Å². The lowest BCUT2D eigenvalue weighted by Crippen LogP contribution is -2.20. The largest absolute Gasteiger partial charge is 0.462 e. The molecule has 0 amide bonds. The number of hydrogen-bond acceptors (Lipinski definition) is 7. The van der Waals surface area contributed by atoms with Crippen LogP contribution in [-0.2, 0) is 28.5 Å². The maximum atomic E-state index is 10.9. The van der Waals surface area contributed by atoms with Gasteiger partial charge in [-0.25, -0.2) is 9.59 Å². The first-order chi connectivity index (χ1) is 7.22. The van der Waals surface area contributed by atoms with Gasteiger partial charge < -0.3 is 24.1 Å². The van der Waals surface area contributed by atoms with Gasteiger partial charge in [-0.3, -0.25) is 0 Å². The van der Waals surface area contributed by atoms with Crippen LogP contribution in [0.3, 0.4) is 0 Å². The quantitative estimate of drug-likeness (QED) is 0.409. The second-order valence-electron chi connectivity index (χ2n) is 2.69. The van der Waals surface area contributed by atoms with E-state index in [2.05, 4.69) is 14.2 Å². The molecular formula is C8H12O7. The van der Waals surface area contributed by atoms with Crippen molar-refractivity contribution in [3.8, 4) is 0 Å². The monoisotopic (exact) mass is 220 g/mol. The molecule has 0 saturated carbocycles. The molecule has 0 aromatic rings. The Bertz CT molecular complexity index is 223. The van der Waals surface area contributed by atoms with Crippen LogP contribution in [-0.4, -0.2) is 56.4 Å². The Morgan fingerprint density at radius 2 is 2.00 bits per heavy atom. The molecule has 7 heteroatoms. The van der Waals surface area contributed by atoms with Crippen LogP contribution in [0.25, 0.3) is 0 Å². The lowest BCUT2D eigenvalue weighted by molar-refractivity contribution is -0.158. The van der Waals surface area contributed by atoms with E-state index in [-0.39, 0.29) is 26.4 Å². The Balaban J connectivity index is 1.94. The molecule has 1 aliphatic heterocycles. The maximum Gasteiger partial charge on any atom is 0.334 e. The molecule has 1 heterocycles. The minimum Gasteiger partial charge on any atom is -0.462 e. The summed E-state index contributed by atoms with van der Waals surface area (Å²) >= 11 is 0. The summed E-state index contributed by atoms with van der Waals surface area (Å²) in [5, 5.41) is 8.33. The molecule has 1 aliphatic rings. The van der Waals surface area contributed by atoms with Crippen LogP contribution < -0.4 is 0 Å². The Hall–Kier alpha value is -1.18. The van der Waals surface area contributed by atoms with Gasteiger partial charge in [0.15, 0.2) is 0 Å². The third kappa shape index (κ3) is 6.00. The zero-order valence-corrected chi connectivity index (χ0v) is 8.01. The molecule has 15 heavy (non-hydrogen) atoms. The topological polar surface area (TPSA) is 94.6 Å². The SMILES string of the molecule is O=C(COCC(=O)OC1CO1)OCCO. The van der Waals surface area contributed by atoms with Gasteiger partial charge in [0.1, 0.15) is 26.4 Å². The highest BCUT2D eigenvalue weighted by Crippen LogP contribution is 2.09. The third-order valence-corrected chi connectivity index (χ3v) is 1.36. The molecule has 86 valence electrons. The van der Waals surface area contributed by atoms with E-state index in [1.807, 2.05) is 0 Å². The molecule has 7 nitrogen and oxygen atoms in total. The Labute approximate surface area is 85.9 Å². The summed E-state index contributed by atoms with van der Waals surface area (Å²) in [4.78, 5) is 21.7. The molecule has 0 aromatic heterocycles. The Morgan fingerprint density at radius 3 is 2.60 bits per heavy atom. The number of epoxide rings is 1. The summed E-state index contributed by atoms with van der Waals surface area (Å²) in [5.74, 6) is -1.23. The van der Waals surface area contributed by atoms with Gasteiger partial charge in [-0.2, -0.15) is 0 Å². The van der Waals surface area contributed by atoms with Gasteiger partial charge in [0.05, 0.1) is 6.61 Å². The van der Waals surface area contributed by atoms with Crippen molar-refractivity contribution in [1.82, 2.24) is 0 Å². The first-order valence-electron chi connectivity index (χ1n) is 4.37. The number of ether oxygens (including phenoxy) is 4. The van der Waals surface area contributed by atoms with E-state index in [4.69, 9.17) is 9.84 Å². The van der Waals surface area contributed by atoms with E-state index in [0.29, 0.717) is 6.61 Å². The van der Waals surface area contributed by atoms with Crippen LogP contribution in [0.1, 0.15) is 0 Å². The van der Waals surface area contributed by atoms with Gasteiger partial charge in [-0.1, -0.05) is 0 Å². The second kappa shape index (κ2) is 6.33. The predicted molar refractivity (Wildman–Crippen MR) is 44.7 cm³/mol. The van der Waals surface area contributed by atoms with E-state index in [0.717, 1.165) is 0 Å². The summed E-state index contributed by atoms with van der Waals surface area (Å²) in [6.07, 6.45) is -0.456. The van der Waals surface area contributed by atoms with Crippen LogP contribution in [0, 0.1) is 0 Å². The summed E-state index contributed by atoms with van der Waals surface area (Å²) in [6, 6.07) is 0. The van der Waals surface area contributed by atoms with Gasteiger partial charge in [0.25, 0.3) is 0 Å². The molecule has 1 rings (SSSR count). The van der Waals surface area contributed by atoms with Crippen molar-refractivity contribution in [2.75, 3.05) is 33.0 Å². The number of carbonyl (C=O) groups excluding carboxylic acids is 2. The summed E-state index contributed by atoms with van der Waals surface area (Å²) in [6.45, 7) is -0.589. The molecular weight excluding hydrogens is 208 g/mol. The molecule has 1 fully saturated rings. The lowest BCUT2D eigenvalue weighted by atomic mass is 10.6. The van der Waals surface area contributed by atoms with Crippen molar-refractivity contribution in [3.05, 3.63) is 0 Å². The van der Waals surface area contributed by atoms with Crippen LogP contribution >= 0.6 is 0 Å². The van der Waals surface area contributed by atoms with Crippen LogP contribution in [0.2, 0.25) is 0 Å². The minimum absolute atomic E-state index is 0.0808. The highest BCUT2D eigenvalue weighted by atomic mass is 16.8. The van der Waals surface area contributed by atoms with E-state index < -0.39 is 18.2 Å². The van der Waals surface area contributed by atoms with E-state index in [9.17, 15) is 9.59 Å². The normalized spacial score (nSPS) is 18.3. The fraction of sp³-hybridized carbons (Fsp3) is 0.750. The average Bonchev–Trinajstić information content (AvgIpc) is 2.98. The fourth-order valence-electron chi connectivity index (χ4n) is 0.707. The zero-order chi connectivity index (χ0) is 11.1. The molecule has 1 N–H and O–H groups in total. The fourth-order valence-corrected chi connectivity index (χ4v) is 0.707. The molecule has 1 unspecified atom stereocenters. The molecule has 1 saturated heterocycles. The lowest BCUT2D eigenvalue weighted by Gasteiger charge is -2.03. The first-order valence-corrected chi connectivity index (χ1v) is 4.37. The van der Waals surface area contributed by atoms with Crippen LogP contribution in [0.5, 0.6) is 0 Å². The van der Waals surface area contributed by atoms with Crippen molar-refractivity contribution in [2.45, 2.75) is 6.29 Å². The van der Waals surface area contributed by atoms with Crippen molar-refractivity contribution < 1.29 is 33.6 Å². The molecule has 0 aromatic carbocycles. The summed E-state index contributed by atoms with van der Waals surface area (Å²) < 4.78 is 18.5. The Morgan fingerprint density at radius 1 is 1.33 bits per heavy atom. The molecule has 0 aliphatic carbocycles. The number of aliphatic hydroxyl groups is 1. The highest BCUT2D eigenvalue weighted by molar-refractivity contribution is 5.73. The van der Waals surface area contributed by atoms with Crippen molar-refractivity contribution in [3.63, 3.8) is 0 Å².